The van der Waals surface area contributed by atoms with Crippen molar-refractivity contribution in [1.29, 1.82) is 0 Å². The van der Waals surface area contributed by atoms with Gasteiger partial charge in [0.2, 0.25) is 10.0 Å². The Balaban J connectivity index is 0.00000300. The number of aliphatic hydroxyl groups excluding tert-OH is 2. The third kappa shape index (κ3) is 5.13. The molecule has 29 heavy (non-hydrogen) atoms. The molecule has 0 spiro atoms. The molecule has 13 heteroatoms. The van der Waals surface area contributed by atoms with Crippen LogP contribution < -0.4 is 4.72 Å². The standard InChI is InChI=1S/C16H26N6O5S.ClH/c1-9-16(10(2)27-18-9)28(25,26)19-13-5-11(14(23)15(13)24)6-22-8-12(17-20-22)7-21(3)4;/h8,11,13-15,19,23-24H,5-7H2,1-4H3;1H/t11-,13-,14-,15+;/m1./s1. The predicted octanol–water partition coefficient (Wildman–Crippen LogP) is -0.545. The first-order valence-corrected chi connectivity index (χ1v) is 10.4. The molecule has 164 valence electrons. The second kappa shape index (κ2) is 9.06. The molecule has 3 rings (SSSR count). The molecule has 0 amide bonds. The van der Waals surface area contributed by atoms with Crippen LogP contribution in [0.15, 0.2) is 15.6 Å². The van der Waals surface area contributed by atoms with Gasteiger partial charge < -0.3 is 19.6 Å². The van der Waals surface area contributed by atoms with Gasteiger partial charge in [-0.05, 0) is 34.4 Å². The van der Waals surface area contributed by atoms with Gasteiger partial charge >= 0.3 is 0 Å². The molecule has 1 aliphatic rings. The summed E-state index contributed by atoms with van der Waals surface area (Å²) in [6.45, 7) is 4.00. The highest BCUT2D eigenvalue weighted by atomic mass is 35.5. The van der Waals surface area contributed by atoms with E-state index in [0.717, 1.165) is 5.69 Å². The molecule has 2 aromatic heterocycles. The predicted molar refractivity (Wildman–Crippen MR) is 105 cm³/mol. The van der Waals surface area contributed by atoms with Crippen molar-refractivity contribution in [3.05, 3.63) is 23.3 Å². The van der Waals surface area contributed by atoms with Crippen molar-refractivity contribution >= 4 is 22.4 Å². The topological polar surface area (TPSA) is 147 Å². The summed E-state index contributed by atoms with van der Waals surface area (Å²) in [5.74, 6) is -0.202. The zero-order valence-electron chi connectivity index (χ0n) is 16.7. The van der Waals surface area contributed by atoms with Crippen molar-refractivity contribution < 1.29 is 23.2 Å². The van der Waals surface area contributed by atoms with E-state index in [-0.39, 0.29) is 41.1 Å². The van der Waals surface area contributed by atoms with Crippen LogP contribution in [0, 0.1) is 19.8 Å². The molecule has 0 aromatic carbocycles. The summed E-state index contributed by atoms with van der Waals surface area (Å²) in [6.07, 6.45) is -0.280. The van der Waals surface area contributed by atoms with Crippen LogP contribution in [0.1, 0.15) is 23.6 Å². The van der Waals surface area contributed by atoms with Crippen molar-refractivity contribution in [1.82, 2.24) is 29.8 Å². The van der Waals surface area contributed by atoms with Gasteiger partial charge in [0.15, 0.2) is 5.76 Å². The van der Waals surface area contributed by atoms with Gasteiger partial charge in [-0.15, -0.1) is 17.5 Å². The summed E-state index contributed by atoms with van der Waals surface area (Å²) in [7, 11) is -0.0966. The molecule has 3 N–H and O–H groups in total. The van der Waals surface area contributed by atoms with Crippen molar-refractivity contribution in [2.24, 2.45) is 5.92 Å². The Labute approximate surface area is 175 Å². The normalized spacial score (nSPS) is 24.8. The molecule has 0 unspecified atom stereocenters. The number of halogens is 1. The van der Waals surface area contributed by atoms with E-state index in [4.69, 9.17) is 4.52 Å². The SMILES string of the molecule is Cc1noc(C)c1S(=O)(=O)N[C@@H]1C[C@H](Cn2cc(CN(C)C)nn2)[C@@H](O)[C@H]1O.Cl. The van der Waals surface area contributed by atoms with Gasteiger partial charge in [0.1, 0.15) is 10.6 Å². The van der Waals surface area contributed by atoms with Gasteiger partial charge in [0.05, 0.1) is 23.9 Å². The number of rotatable bonds is 7. The van der Waals surface area contributed by atoms with Gasteiger partial charge in [-0.1, -0.05) is 10.4 Å². The molecule has 0 saturated heterocycles. The molecule has 0 radical (unpaired) electrons. The highest BCUT2D eigenvalue weighted by Crippen LogP contribution is 2.30. The zero-order valence-corrected chi connectivity index (χ0v) is 18.3. The van der Waals surface area contributed by atoms with E-state index >= 15 is 0 Å². The van der Waals surface area contributed by atoms with Crippen molar-refractivity contribution in [3.8, 4) is 0 Å². The number of nitrogens with one attached hydrogen (secondary N) is 1. The Kier molecular flexibility index (Phi) is 7.41. The van der Waals surface area contributed by atoms with Crippen molar-refractivity contribution in [2.75, 3.05) is 14.1 Å². The monoisotopic (exact) mass is 450 g/mol. The van der Waals surface area contributed by atoms with E-state index in [0.29, 0.717) is 13.1 Å². The second-order valence-electron chi connectivity index (χ2n) is 7.53. The minimum Gasteiger partial charge on any atom is -0.390 e. The molecule has 1 saturated carbocycles. The Morgan fingerprint density at radius 1 is 1.31 bits per heavy atom. The van der Waals surface area contributed by atoms with Gasteiger partial charge in [0.25, 0.3) is 0 Å². The van der Waals surface area contributed by atoms with Crippen LogP contribution in [-0.2, 0) is 23.1 Å². The van der Waals surface area contributed by atoms with Crippen LogP contribution in [0.2, 0.25) is 0 Å². The Hall–Kier alpha value is -1.57. The van der Waals surface area contributed by atoms with Gasteiger partial charge in [0, 0.05) is 25.2 Å². The smallest absolute Gasteiger partial charge is 0.246 e. The largest absolute Gasteiger partial charge is 0.390 e. The van der Waals surface area contributed by atoms with Crippen LogP contribution in [0.5, 0.6) is 0 Å². The van der Waals surface area contributed by atoms with Crippen LogP contribution in [-0.4, -0.2) is 76.0 Å². The number of nitrogens with zero attached hydrogens (tertiary/aromatic N) is 5. The number of aryl methyl sites for hydroxylation is 2. The first-order chi connectivity index (χ1) is 13.1. The van der Waals surface area contributed by atoms with Crippen LogP contribution >= 0.6 is 12.4 Å². The summed E-state index contributed by atoms with van der Waals surface area (Å²) >= 11 is 0. The number of hydrogen-bond donors (Lipinski definition) is 3. The fourth-order valence-electron chi connectivity index (χ4n) is 3.60. The van der Waals surface area contributed by atoms with Crippen LogP contribution in [0.4, 0.5) is 0 Å². The third-order valence-electron chi connectivity index (χ3n) is 4.83. The maximum absolute atomic E-state index is 12.7. The van der Waals surface area contributed by atoms with Gasteiger partial charge in [-0.3, -0.25) is 4.68 Å². The van der Waals surface area contributed by atoms with Crippen molar-refractivity contribution in [3.63, 3.8) is 0 Å². The molecule has 0 aliphatic heterocycles. The third-order valence-corrected chi connectivity index (χ3v) is 6.56. The number of hydrogen-bond acceptors (Lipinski definition) is 9. The molecule has 1 fully saturated rings. The lowest BCUT2D eigenvalue weighted by Crippen LogP contribution is -2.43. The van der Waals surface area contributed by atoms with Crippen molar-refractivity contribution in [2.45, 2.75) is 56.5 Å². The quantitative estimate of drug-likeness (QED) is 0.505. The minimum atomic E-state index is -3.94. The lowest BCUT2D eigenvalue weighted by atomic mass is 10.1. The van der Waals surface area contributed by atoms with E-state index in [2.05, 4.69) is 20.2 Å². The number of sulfonamides is 1. The van der Waals surface area contributed by atoms with Crippen LogP contribution in [0.25, 0.3) is 0 Å². The molecule has 1 aliphatic carbocycles. The zero-order chi connectivity index (χ0) is 20.6. The van der Waals surface area contributed by atoms with E-state index in [1.165, 1.54) is 13.8 Å². The first-order valence-electron chi connectivity index (χ1n) is 8.93. The highest BCUT2D eigenvalue weighted by molar-refractivity contribution is 7.89. The van der Waals surface area contributed by atoms with Crippen LogP contribution in [0.3, 0.4) is 0 Å². The van der Waals surface area contributed by atoms with E-state index in [9.17, 15) is 18.6 Å². The summed E-state index contributed by atoms with van der Waals surface area (Å²) in [4.78, 5) is 1.92. The average Bonchev–Trinajstić information content (AvgIpc) is 3.23. The molecule has 2 aromatic rings. The Bertz CT molecular complexity index is 911. The fraction of sp³-hybridized carbons (Fsp3) is 0.688. The summed E-state index contributed by atoms with van der Waals surface area (Å²) in [6, 6.07) is -0.830. The maximum Gasteiger partial charge on any atom is 0.246 e. The van der Waals surface area contributed by atoms with E-state index < -0.39 is 28.3 Å². The average molecular weight is 451 g/mol. The molecule has 4 atom stereocenters. The number of aliphatic hydroxyl groups is 2. The second-order valence-corrected chi connectivity index (χ2v) is 9.18. The van der Waals surface area contributed by atoms with Gasteiger partial charge in [-0.25, -0.2) is 13.1 Å². The summed E-state index contributed by atoms with van der Waals surface area (Å²) in [5.41, 5.74) is 1.03. The molecule has 0 bridgehead atoms. The minimum absolute atomic E-state index is 0. The highest BCUT2D eigenvalue weighted by Gasteiger charge is 2.44. The van der Waals surface area contributed by atoms with E-state index in [1.54, 1.807) is 10.9 Å². The molecule has 2 heterocycles. The fourth-order valence-corrected chi connectivity index (χ4v) is 5.20. The maximum atomic E-state index is 12.7. The summed E-state index contributed by atoms with van der Waals surface area (Å²) in [5, 5.41) is 32.5. The van der Waals surface area contributed by atoms with Gasteiger partial charge in [-0.2, -0.15) is 0 Å². The lowest BCUT2D eigenvalue weighted by molar-refractivity contribution is 0.00972. The first kappa shape index (κ1) is 23.7. The summed E-state index contributed by atoms with van der Waals surface area (Å²) < 4.78 is 34.4. The number of aromatic nitrogens is 4. The molecular weight excluding hydrogens is 424 g/mol. The molecular formula is C16H27ClN6O5S. The lowest BCUT2D eigenvalue weighted by Gasteiger charge is -2.18. The Morgan fingerprint density at radius 3 is 2.59 bits per heavy atom. The van der Waals surface area contributed by atoms with E-state index in [1.807, 2.05) is 19.0 Å². The Morgan fingerprint density at radius 2 is 2.00 bits per heavy atom. The molecule has 11 nitrogen and oxygen atoms in total.